The monoisotopic (exact) mass is 264 g/mol. The first-order valence-electron chi connectivity index (χ1n) is 7.27. The summed E-state index contributed by atoms with van der Waals surface area (Å²) in [6.45, 7) is 4.15. The SMILES string of the molecule is CC1CCCC(N(C)c2cccc(F)c2C(C)N)C1. The third-order valence-corrected chi connectivity index (χ3v) is 4.32. The van der Waals surface area contributed by atoms with Crippen molar-refractivity contribution in [2.75, 3.05) is 11.9 Å². The van der Waals surface area contributed by atoms with Gasteiger partial charge in [-0.2, -0.15) is 0 Å². The van der Waals surface area contributed by atoms with Crippen LogP contribution in [0.5, 0.6) is 0 Å². The van der Waals surface area contributed by atoms with Crippen LogP contribution in [0.1, 0.15) is 51.1 Å². The minimum atomic E-state index is -0.278. The molecule has 0 amide bonds. The van der Waals surface area contributed by atoms with E-state index in [0.717, 1.165) is 11.6 Å². The van der Waals surface area contributed by atoms with Gasteiger partial charge in [0.15, 0.2) is 0 Å². The molecule has 1 aliphatic carbocycles. The molecule has 3 heteroatoms. The molecule has 0 saturated heterocycles. The number of nitrogens with zero attached hydrogens (tertiary/aromatic N) is 1. The number of rotatable bonds is 3. The van der Waals surface area contributed by atoms with Gasteiger partial charge in [-0.15, -0.1) is 0 Å². The Labute approximate surface area is 115 Å². The summed E-state index contributed by atoms with van der Waals surface area (Å²) in [6.07, 6.45) is 4.95. The highest BCUT2D eigenvalue weighted by Gasteiger charge is 2.25. The fourth-order valence-electron chi connectivity index (χ4n) is 3.23. The van der Waals surface area contributed by atoms with Crippen molar-refractivity contribution < 1.29 is 4.39 Å². The van der Waals surface area contributed by atoms with Crippen molar-refractivity contribution in [2.24, 2.45) is 11.7 Å². The Balaban J connectivity index is 2.28. The Morgan fingerprint density at radius 2 is 2.11 bits per heavy atom. The number of hydrogen-bond donors (Lipinski definition) is 1. The lowest BCUT2D eigenvalue weighted by molar-refractivity contribution is 0.336. The molecule has 3 unspecified atom stereocenters. The van der Waals surface area contributed by atoms with Gasteiger partial charge in [0.05, 0.1) is 0 Å². The molecule has 1 aromatic rings. The summed E-state index contributed by atoms with van der Waals surface area (Å²) in [6, 6.07) is 5.49. The van der Waals surface area contributed by atoms with Crippen LogP contribution < -0.4 is 10.6 Å². The minimum Gasteiger partial charge on any atom is -0.371 e. The minimum absolute atomic E-state index is 0.191. The molecular weight excluding hydrogens is 239 g/mol. The first kappa shape index (κ1) is 14.3. The average Bonchev–Trinajstić information content (AvgIpc) is 2.37. The molecule has 0 radical (unpaired) electrons. The van der Waals surface area contributed by atoms with Crippen molar-refractivity contribution in [3.63, 3.8) is 0 Å². The van der Waals surface area contributed by atoms with Crippen LogP contribution in [0.3, 0.4) is 0 Å². The summed E-state index contributed by atoms with van der Waals surface area (Å²) in [5, 5.41) is 0. The van der Waals surface area contributed by atoms with E-state index in [2.05, 4.69) is 18.9 Å². The van der Waals surface area contributed by atoms with Gasteiger partial charge in [0.2, 0.25) is 0 Å². The van der Waals surface area contributed by atoms with Crippen molar-refractivity contribution >= 4 is 5.69 Å². The van der Waals surface area contributed by atoms with Crippen molar-refractivity contribution in [3.05, 3.63) is 29.6 Å². The Kier molecular flexibility index (Phi) is 4.46. The lowest BCUT2D eigenvalue weighted by Gasteiger charge is -2.37. The second-order valence-corrected chi connectivity index (χ2v) is 6.00. The smallest absolute Gasteiger partial charge is 0.130 e. The quantitative estimate of drug-likeness (QED) is 0.898. The van der Waals surface area contributed by atoms with Gasteiger partial charge in [0.25, 0.3) is 0 Å². The molecule has 0 heterocycles. The lowest BCUT2D eigenvalue weighted by Crippen LogP contribution is -2.36. The maximum Gasteiger partial charge on any atom is 0.130 e. The summed E-state index contributed by atoms with van der Waals surface area (Å²) >= 11 is 0. The second kappa shape index (κ2) is 5.91. The van der Waals surface area contributed by atoms with Crippen LogP contribution in [0.25, 0.3) is 0 Å². The zero-order valence-corrected chi connectivity index (χ0v) is 12.2. The van der Waals surface area contributed by atoms with Crippen molar-refractivity contribution in [1.82, 2.24) is 0 Å². The standard InChI is InChI=1S/C16H25FN2/c1-11-6-4-7-13(10-11)19(3)15-9-5-8-14(17)16(15)12(2)18/h5,8-9,11-13H,4,6-7,10,18H2,1-3H3. The number of anilines is 1. The predicted octanol–water partition coefficient (Wildman–Crippen LogP) is 3.86. The Bertz CT molecular complexity index is 431. The van der Waals surface area contributed by atoms with E-state index in [-0.39, 0.29) is 11.9 Å². The van der Waals surface area contributed by atoms with Crippen molar-refractivity contribution in [3.8, 4) is 0 Å². The molecule has 2 N–H and O–H groups in total. The summed E-state index contributed by atoms with van der Waals surface area (Å²) in [4.78, 5) is 2.23. The van der Waals surface area contributed by atoms with Gasteiger partial charge in [-0.3, -0.25) is 0 Å². The number of nitrogens with two attached hydrogens (primary N) is 1. The van der Waals surface area contributed by atoms with Gasteiger partial charge in [-0.25, -0.2) is 4.39 Å². The normalized spacial score (nSPS) is 25.1. The fraction of sp³-hybridized carbons (Fsp3) is 0.625. The molecule has 106 valence electrons. The molecule has 3 atom stereocenters. The number of benzene rings is 1. The molecule has 1 saturated carbocycles. The molecule has 0 bridgehead atoms. The van der Waals surface area contributed by atoms with Gasteiger partial charge in [-0.05, 0) is 37.8 Å². The zero-order valence-electron chi connectivity index (χ0n) is 12.2. The second-order valence-electron chi connectivity index (χ2n) is 6.00. The van der Waals surface area contributed by atoms with E-state index < -0.39 is 0 Å². The lowest BCUT2D eigenvalue weighted by atomic mass is 9.86. The van der Waals surface area contributed by atoms with Crippen LogP contribution in [-0.4, -0.2) is 13.1 Å². The van der Waals surface area contributed by atoms with Crippen LogP contribution in [-0.2, 0) is 0 Å². The van der Waals surface area contributed by atoms with E-state index in [1.54, 1.807) is 6.07 Å². The van der Waals surface area contributed by atoms with Gasteiger partial charge in [0.1, 0.15) is 5.82 Å². The highest BCUT2D eigenvalue weighted by molar-refractivity contribution is 5.55. The largest absolute Gasteiger partial charge is 0.371 e. The van der Waals surface area contributed by atoms with E-state index >= 15 is 0 Å². The van der Waals surface area contributed by atoms with E-state index in [1.165, 1.54) is 31.7 Å². The van der Waals surface area contributed by atoms with E-state index in [4.69, 9.17) is 5.73 Å². The first-order valence-corrected chi connectivity index (χ1v) is 7.27. The summed E-state index contributed by atoms with van der Waals surface area (Å²) < 4.78 is 14.0. The Hall–Kier alpha value is -1.09. The van der Waals surface area contributed by atoms with Crippen molar-refractivity contribution in [1.29, 1.82) is 0 Å². The molecule has 1 aromatic carbocycles. The summed E-state index contributed by atoms with van der Waals surface area (Å²) in [5.41, 5.74) is 7.54. The molecule has 1 aliphatic rings. The summed E-state index contributed by atoms with van der Waals surface area (Å²) in [7, 11) is 2.07. The molecule has 1 fully saturated rings. The van der Waals surface area contributed by atoms with Gasteiger partial charge >= 0.3 is 0 Å². The highest BCUT2D eigenvalue weighted by atomic mass is 19.1. The maximum atomic E-state index is 14.0. The number of hydrogen-bond acceptors (Lipinski definition) is 2. The van der Waals surface area contributed by atoms with Crippen LogP contribution in [0.4, 0.5) is 10.1 Å². The number of halogens is 1. The van der Waals surface area contributed by atoms with E-state index in [1.807, 2.05) is 13.0 Å². The highest BCUT2D eigenvalue weighted by Crippen LogP contribution is 2.33. The maximum absolute atomic E-state index is 14.0. The van der Waals surface area contributed by atoms with Crippen LogP contribution in [0.15, 0.2) is 18.2 Å². The average molecular weight is 264 g/mol. The predicted molar refractivity (Wildman–Crippen MR) is 78.8 cm³/mol. The molecule has 2 nitrogen and oxygen atoms in total. The Morgan fingerprint density at radius 1 is 1.37 bits per heavy atom. The molecule has 0 aromatic heterocycles. The molecule has 19 heavy (non-hydrogen) atoms. The molecule has 0 aliphatic heterocycles. The van der Waals surface area contributed by atoms with E-state index in [9.17, 15) is 4.39 Å². The van der Waals surface area contributed by atoms with Crippen LogP contribution >= 0.6 is 0 Å². The molecule has 2 rings (SSSR count). The van der Waals surface area contributed by atoms with Gasteiger partial charge in [-0.1, -0.05) is 25.8 Å². The Morgan fingerprint density at radius 3 is 2.74 bits per heavy atom. The molecule has 0 spiro atoms. The summed E-state index contributed by atoms with van der Waals surface area (Å²) in [5.74, 6) is 0.566. The third-order valence-electron chi connectivity index (χ3n) is 4.32. The van der Waals surface area contributed by atoms with Crippen molar-refractivity contribution in [2.45, 2.75) is 51.6 Å². The third kappa shape index (κ3) is 3.08. The van der Waals surface area contributed by atoms with Crippen LogP contribution in [0, 0.1) is 11.7 Å². The topological polar surface area (TPSA) is 29.3 Å². The van der Waals surface area contributed by atoms with Gasteiger partial charge in [0, 0.05) is 30.4 Å². The zero-order chi connectivity index (χ0) is 14.0. The molecular formula is C16H25FN2. The first-order chi connectivity index (χ1) is 9.00. The fourth-order valence-corrected chi connectivity index (χ4v) is 3.23. The van der Waals surface area contributed by atoms with E-state index in [0.29, 0.717) is 11.6 Å². The van der Waals surface area contributed by atoms with Gasteiger partial charge < -0.3 is 10.6 Å². The van der Waals surface area contributed by atoms with Crippen LogP contribution in [0.2, 0.25) is 0 Å².